The first-order valence-corrected chi connectivity index (χ1v) is 8.14. The van der Waals surface area contributed by atoms with Crippen molar-refractivity contribution in [3.8, 4) is 0 Å². The fourth-order valence-electron chi connectivity index (χ4n) is 3.59. The smallest absolute Gasteiger partial charge is 0.0375 e. The first-order valence-electron chi connectivity index (χ1n) is 7.35. The molecule has 3 heteroatoms. The molecule has 0 aromatic heterocycles. The second kappa shape index (κ2) is 5.19. The van der Waals surface area contributed by atoms with Gasteiger partial charge < -0.3 is 5.73 Å². The molecule has 1 saturated carbocycles. The molecule has 1 aromatic carbocycles. The van der Waals surface area contributed by atoms with E-state index in [1.165, 1.54) is 41.3 Å². The second-order valence-electron chi connectivity index (χ2n) is 6.21. The zero-order valence-corrected chi connectivity index (χ0v) is 13.2. The summed E-state index contributed by atoms with van der Waals surface area (Å²) in [7, 11) is 2.29. The van der Waals surface area contributed by atoms with Crippen LogP contribution in [0.3, 0.4) is 0 Å². The van der Waals surface area contributed by atoms with Gasteiger partial charge in [-0.3, -0.25) is 4.90 Å². The molecule has 19 heavy (non-hydrogen) atoms. The largest absolute Gasteiger partial charge is 0.329 e. The van der Waals surface area contributed by atoms with E-state index >= 15 is 0 Å². The van der Waals surface area contributed by atoms with Gasteiger partial charge in [0.25, 0.3) is 0 Å². The molecule has 0 spiro atoms. The standard InChI is InChI=1S/C16H23BrN2/c1-19(15-3-2-4-15)16(11-18)8-7-12-9-14(17)6-5-13(12)10-16/h5-6,9,15H,2-4,7-8,10-11,18H2,1H3. The number of halogens is 1. The topological polar surface area (TPSA) is 29.3 Å². The summed E-state index contributed by atoms with van der Waals surface area (Å²) in [5.74, 6) is 0. The number of nitrogens with zero attached hydrogens (tertiary/aromatic N) is 1. The average molecular weight is 323 g/mol. The van der Waals surface area contributed by atoms with Crippen LogP contribution in [0.25, 0.3) is 0 Å². The molecule has 2 nitrogen and oxygen atoms in total. The fraction of sp³-hybridized carbons (Fsp3) is 0.625. The first kappa shape index (κ1) is 13.6. The van der Waals surface area contributed by atoms with Gasteiger partial charge in [0.15, 0.2) is 0 Å². The number of hydrogen-bond donors (Lipinski definition) is 1. The van der Waals surface area contributed by atoms with Crippen LogP contribution in [0.1, 0.15) is 36.8 Å². The minimum absolute atomic E-state index is 0.186. The Labute approximate surface area is 124 Å². The summed E-state index contributed by atoms with van der Waals surface area (Å²) in [6.45, 7) is 0.773. The Bertz CT molecular complexity index is 470. The fourth-order valence-corrected chi connectivity index (χ4v) is 4.00. The van der Waals surface area contributed by atoms with Crippen LogP contribution in [0.15, 0.2) is 22.7 Å². The Kier molecular flexibility index (Phi) is 3.71. The Morgan fingerprint density at radius 1 is 1.37 bits per heavy atom. The van der Waals surface area contributed by atoms with E-state index in [4.69, 9.17) is 5.73 Å². The lowest BCUT2D eigenvalue weighted by molar-refractivity contribution is 0.0282. The number of rotatable bonds is 3. The molecule has 1 fully saturated rings. The number of aryl methyl sites for hydroxylation is 1. The first-order chi connectivity index (χ1) is 9.14. The lowest BCUT2D eigenvalue weighted by Gasteiger charge is -2.50. The van der Waals surface area contributed by atoms with Crippen molar-refractivity contribution in [3.63, 3.8) is 0 Å². The predicted molar refractivity (Wildman–Crippen MR) is 83.4 cm³/mol. The van der Waals surface area contributed by atoms with Gasteiger partial charge in [-0.05, 0) is 62.4 Å². The van der Waals surface area contributed by atoms with E-state index in [-0.39, 0.29) is 5.54 Å². The van der Waals surface area contributed by atoms with Crippen molar-refractivity contribution in [2.45, 2.75) is 50.1 Å². The molecule has 2 N–H and O–H groups in total. The van der Waals surface area contributed by atoms with E-state index in [1.807, 2.05) is 0 Å². The molecule has 1 unspecified atom stereocenters. The summed E-state index contributed by atoms with van der Waals surface area (Å²) in [6, 6.07) is 7.48. The molecule has 1 atom stereocenters. The van der Waals surface area contributed by atoms with Gasteiger partial charge in [-0.25, -0.2) is 0 Å². The molecule has 0 bridgehead atoms. The summed E-state index contributed by atoms with van der Waals surface area (Å²) in [4.78, 5) is 2.60. The Morgan fingerprint density at radius 3 is 2.79 bits per heavy atom. The number of benzene rings is 1. The molecule has 0 radical (unpaired) electrons. The number of likely N-dealkylation sites (N-methyl/N-ethyl adjacent to an activating group) is 1. The Hall–Kier alpha value is -0.380. The molecular formula is C16H23BrN2. The van der Waals surface area contributed by atoms with Gasteiger partial charge in [-0.15, -0.1) is 0 Å². The molecule has 0 heterocycles. The van der Waals surface area contributed by atoms with Crippen molar-refractivity contribution < 1.29 is 0 Å². The zero-order valence-electron chi connectivity index (χ0n) is 11.7. The summed E-state index contributed by atoms with van der Waals surface area (Å²) in [6.07, 6.45) is 7.55. The van der Waals surface area contributed by atoms with Crippen LogP contribution in [-0.2, 0) is 12.8 Å². The SMILES string of the molecule is CN(C1CCC1)C1(CN)CCc2cc(Br)ccc2C1. The lowest BCUT2D eigenvalue weighted by Crippen LogP contribution is -2.60. The van der Waals surface area contributed by atoms with Crippen molar-refractivity contribution in [2.24, 2.45) is 5.73 Å². The molecule has 0 saturated heterocycles. The highest BCUT2D eigenvalue weighted by Gasteiger charge is 2.41. The Balaban J connectivity index is 1.86. The number of nitrogens with two attached hydrogens (primary N) is 1. The van der Waals surface area contributed by atoms with Gasteiger partial charge in [0, 0.05) is 22.6 Å². The summed E-state index contributed by atoms with van der Waals surface area (Å²) in [5.41, 5.74) is 9.37. The van der Waals surface area contributed by atoms with Crippen LogP contribution in [-0.4, -0.2) is 30.1 Å². The maximum atomic E-state index is 6.19. The maximum absolute atomic E-state index is 6.19. The lowest BCUT2D eigenvalue weighted by atomic mass is 9.75. The highest BCUT2D eigenvalue weighted by molar-refractivity contribution is 9.10. The van der Waals surface area contributed by atoms with Crippen molar-refractivity contribution in [1.82, 2.24) is 4.90 Å². The number of hydrogen-bond acceptors (Lipinski definition) is 2. The Morgan fingerprint density at radius 2 is 2.16 bits per heavy atom. The third kappa shape index (κ3) is 2.37. The summed E-state index contributed by atoms with van der Waals surface area (Å²) < 4.78 is 1.19. The molecule has 3 rings (SSSR count). The summed E-state index contributed by atoms with van der Waals surface area (Å²) in [5, 5.41) is 0. The van der Waals surface area contributed by atoms with Crippen LogP contribution >= 0.6 is 15.9 Å². The predicted octanol–water partition coefficient (Wildman–Crippen LogP) is 3.12. The van der Waals surface area contributed by atoms with Crippen molar-refractivity contribution in [3.05, 3.63) is 33.8 Å². The molecule has 104 valence electrons. The third-order valence-electron chi connectivity index (χ3n) is 5.30. The average Bonchev–Trinajstić information content (AvgIpc) is 2.36. The molecule has 1 aromatic rings. The van der Waals surface area contributed by atoms with Crippen LogP contribution in [0, 0.1) is 0 Å². The monoisotopic (exact) mass is 322 g/mol. The highest BCUT2D eigenvalue weighted by Crippen LogP contribution is 2.37. The number of fused-ring (bicyclic) bond motifs is 1. The normalized spacial score (nSPS) is 27.2. The molecule has 0 aliphatic heterocycles. The van der Waals surface area contributed by atoms with Crippen LogP contribution in [0.5, 0.6) is 0 Å². The van der Waals surface area contributed by atoms with E-state index in [2.05, 4.69) is 46.1 Å². The second-order valence-corrected chi connectivity index (χ2v) is 7.13. The van der Waals surface area contributed by atoms with Crippen LogP contribution < -0.4 is 5.73 Å². The van der Waals surface area contributed by atoms with E-state index in [1.54, 1.807) is 0 Å². The van der Waals surface area contributed by atoms with E-state index in [9.17, 15) is 0 Å². The molecular weight excluding hydrogens is 300 g/mol. The minimum Gasteiger partial charge on any atom is -0.329 e. The third-order valence-corrected chi connectivity index (χ3v) is 5.79. The van der Waals surface area contributed by atoms with Gasteiger partial charge in [-0.1, -0.05) is 28.4 Å². The molecule has 0 amide bonds. The zero-order chi connectivity index (χ0) is 13.5. The quantitative estimate of drug-likeness (QED) is 0.926. The van der Waals surface area contributed by atoms with Crippen LogP contribution in [0.2, 0.25) is 0 Å². The van der Waals surface area contributed by atoms with Gasteiger partial charge >= 0.3 is 0 Å². The van der Waals surface area contributed by atoms with Crippen LogP contribution in [0.4, 0.5) is 0 Å². The van der Waals surface area contributed by atoms with Crippen molar-refractivity contribution >= 4 is 15.9 Å². The van der Waals surface area contributed by atoms with Gasteiger partial charge in [0.05, 0.1) is 0 Å². The van der Waals surface area contributed by atoms with Gasteiger partial charge in [-0.2, -0.15) is 0 Å². The van der Waals surface area contributed by atoms with Gasteiger partial charge in [0.1, 0.15) is 0 Å². The highest BCUT2D eigenvalue weighted by atomic mass is 79.9. The van der Waals surface area contributed by atoms with E-state index in [0.717, 1.165) is 25.4 Å². The van der Waals surface area contributed by atoms with E-state index in [0.29, 0.717) is 0 Å². The molecule has 2 aliphatic rings. The molecule has 2 aliphatic carbocycles. The summed E-state index contributed by atoms with van der Waals surface area (Å²) >= 11 is 3.57. The minimum atomic E-state index is 0.186. The van der Waals surface area contributed by atoms with Crippen molar-refractivity contribution in [1.29, 1.82) is 0 Å². The maximum Gasteiger partial charge on any atom is 0.0375 e. The van der Waals surface area contributed by atoms with E-state index < -0.39 is 0 Å². The van der Waals surface area contributed by atoms with Crippen molar-refractivity contribution in [2.75, 3.05) is 13.6 Å². The van der Waals surface area contributed by atoms with Gasteiger partial charge in [0.2, 0.25) is 0 Å².